The van der Waals surface area contributed by atoms with E-state index < -0.39 is 16.0 Å². The van der Waals surface area contributed by atoms with Crippen molar-refractivity contribution in [3.05, 3.63) is 77.0 Å². The molecule has 0 radical (unpaired) electrons. The average molecular weight is 499 g/mol. The molecule has 0 atom stereocenters. The number of hydrogen-bond acceptors (Lipinski definition) is 6. The lowest BCUT2D eigenvalue weighted by atomic mass is 10.1. The van der Waals surface area contributed by atoms with Gasteiger partial charge in [-0.3, -0.25) is 4.31 Å². The van der Waals surface area contributed by atoms with Gasteiger partial charge in [0.15, 0.2) is 5.03 Å². The molecular weight excluding hydrogens is 468 g/mol. The summed E-state index contributed by atoms with van der Waals surface area (Å²) in [7, 11) is -2.51. The van der Waals surface area contributed by atoms with Gasteiger partial charge in [0.25, 0.3) is 10.0 Å². The van der Waals surface area contributed by atoms with Crippen LogP contribution in [0.3, 0.4) is 0 Å². The van der Waals surface area contributed by atoms with Gasteiger partial charge >= 0.3 is 5.97 Å². The number of rotatable bonds is 10. The van der Waals surface area contributed by atoms with Crippen LogP contribution in [0.2, 0.25) is 0 Å². The van der Waals surface area contributed by atoms with E-state index in [-0.39, 0.29) is 29.7 Å². The number of hydrogen-bond donors (Lipinski definition) is 1. The van der Waals surface area contributed by atoms with Gasteiger partial charge in [-0.2, -0.15) is 8.42 Å². The minimum absolute atomic E-state index is 0.0339. The highest BCUT2D eigenvalue weighted by atomic mass is 32.2. The number of sulfonamides is 1. The van der Waals surface area contributed by atoms with Gasteiger partial charge in [-0.05, 0) is 67.3 Å². The Labute approximate surface area is 206 Å². The molecule has 0 unspecified atom stereocenters. The number of nitrogens with zero attached hydrogens (tertiary/aromatic N) is 2. The number of aromatic nitrogens is 1. The maximum absolute atomic E-state index is 13.6. The van der Waals surface area contributed by atoms with E-state index in [9.17, 15) is 18.3 Å². The molecule has 0 aliphatic carbocycles. The Balaban J connectivity index is 2.06. The zero-order valence-corrected chi connectivity index (χ0v) is 21.3. The van der Waals surface area contributed by atoms with Crippen LogP contribution >= 0.6 is 0 Å². The highest BCUT2D eigenvalue weighted by Crippen LogP contribution is 2.36. The van der Waals surface area contributed by atoms with Crippen molar-refractivity contribution in [1.29, 1.82) is 0 Å². The lowest BCUT2D eigenvalue weighted by Crippen LogP contribution is -2.35. The standard InChI is InChI=1S/C26H30N2O6S/c1-17(2)15-28(35(31,32)25-8-6-7-11-27-25)22-12-18(3)19(4)13-24(22)34-16-21-10-9-20(26(29)30)14-23(21)33-5/h6-14,17H,15-16H2,1-5H3,(H,29,30). The highest BCUT2D eigenvalue weighted by Gasteiger charge is 2.29. The normalized spacial score (nSPS) is 11.4. The summed E-state index contributed by atoms with van der Waals surface area (Å²) in [4.78, 5) is 15.4. The van der Waals surface area contributed by atoms with Crippen molar-refractivity contribution in [3.63, 3.8) is 0 Å². The van der Waals surface area contributed by atoms with Crippen molar-refractivity contribution in [2.75, 3.05) is 18.0 Å². The molecule has 1 aromatic heterocycles. The van der Waals surface area contributed by atoms with Crippen molar-refractivity contribution in [2.24, 2.45) is 5.92 Å². The summed E-state index contributed by atoms with van der Waals surface area (Å²) < 4.78 is 40.1. The molecule has 0 aliphatic rings. The van der Waals surface area contributed by atoms with E-state index in [0.717, 1.165) is 11.1 Å². The van der Waals surface area contributed by atoms with Crippen LogP contribution in [0.4, 0.5) is 5.69 Å². The smallest absolute Gasteiger partial charge is 0.335 e. The van der Waals surface area contributed by atoms with E-state index in [0.29, 0.717) is 22.7 Å². The first kappa shape index (κ1) is 26.0. The molecule has 8 nitrogen and oxygen atoms in total. The molecule has 3 rings (SSSR count). The van der Waals surface area contributed by atoms with Crippen LogP contribution < -0.4 is 13.8 Å². The molecule has 0 fully saturated rings. The SMILES string of the molecule is COc1cc(C(=O)O)ccc1COc1cc(C)c(C)cc1N(CC(C)C)S(=O)(=O)c1ccccn1. The van der Waals surface area contributed by atoms with Gasteiger partial charge in [-0.25, -0.2) is 9.78 Å². The maximum atomic E-state index is 13.6. The molecule has 0 aliphatic heterocycles. The molecule has 3 aromatic rings. The van der Waals surface area contributed by atoms with Crippen LogP contribution in [0.15, 0.2) is 59.8 Å². The molecule has 0 saturated heterocycles. The monoisotopic (exact) mass is 498 g/mol. The second-order valence-corrected chi connectivity index (χ2v) is 10.4. The van der Waals surface area contributed by atoms with Crippen LogP contribution in [0.1, 0.15) is 40.9 Å². The third kappa shape index (κ3) is 5.92. The number of carboxylic acid groups (broad SMARTS) is 1. The minimum atomic E-state index is -3.96. The number of ether oxygens (including phenoxy) is 2. The predicted molar refractivity (Wildman–Crippen MR) is 134 cm³/mol. The maximum Gasteiger partial charge on any atom is 0.335 e. The van der Waals surface area contributed by atoms with Gasteiger partial charge in [-0.1, -0.05) is 26.0 Å². The number of methoxy groups -OCH3 is 1. The number of aryl methyl sites for hydroxylation is 2. The lowest BCUT2D eigenvalue weighted by molar-refractivity contribution is 0.0696. The van der Waals surface area contributed by atoms with E-state index in [4.69, 9.17) is 9.47 Å². The van der Waals surface area contributed by atoms with Crippen LogP contribution in [0, 0.1) is 19.8 Å². The second kappa shape index (κ2) is 10.8. The molecule has 186 valence electrons. The van der Waals surface area contributed by atoms with E-state index in [1.807, 2.05) is 33.8 Å². The molecule has 0 saturated carbocycles. The van der Waals surface area contributed by atoms with E-state index in [1.165, 1.54) is 35.8 Å². The molecular formula is C26H30N2O6S. The van der Waals surface area contributed by atoms with Crippen molar-refractivity contribution >= 4 is 21.7 Å². The largest absolute Gasteiger partial charge is 0.496 e. The summed E-state index contributed by atoms with van der Waals surface area (Å²) in [6.45, 7) is 8.01. The quantitative estimate of drug-likeness (QED) is 0.426. The highest BCUT2D eigenvalue weighted by molar-refractivity contribution is 7.92. The van der Waals surface area contributed by atoms with Gasteiger partial charge in [-0.15, -0.1) is 0 Å². The van der Waals surface area contributed by atoms with Gasteiger partial charge in [0, 0.05) is 18.3 Å². The van der Waals surface area contributed by atoms with Gasteiger partial charge in [0.1, 0.15) is 18.1 Å². The Morgan fingerprint density at radius 1 is 1.06 bits per heavy atom. The molecule has 2 aromatic carbocycles. The molecule has 0 amide bonds. The number of carboxylic acids is 1. The van der Waals surface area contributed by atoms with Crippen molar-refractivity contribution in [2.45, 2.75) is 39.3 Å². The van der Waals surface area contributed by atoms with E-state index >= 15 is 0 Å². The second-order valence-electron chi connectivity index (χ2n) is 8.62. The van der Waals surface area contributed by atoms with Gasteiger partial charge in [0.05, 0.1) is 18.4 Å². The fourth-order valence-electron chi connectivity index (χ4n) is 3.51. The Kier molecular flexibility index (Phi) is 8.01. The van der Waals surface area contributed by atoms with E-state index in [1.54, 1.807) is 24.3 Å². The van der Waals surface area contributed by atoms with Crippen LogP contribution in [0.25, 0.3) is 0 Å². The van der Waals surface area contributed by atoms with Crippen LogP contribution in [0.5, 0.6) is 11.5 Å². The molecule has 35 heavy (non-hydrogen) atoms. The fourth-order valence-corrected chi connectivity index (χ4v) is 5.07. The third-order valence-electron chi connectivity index (χ3n) is 5.48. The summed E-state index contributed by atoms with van der Waals surface area (Å²) in [5.74, 6) is -0.268. The van der Waals surface area contributed by atoms with Crippen LogP contribution in [-0.2, 0) is 16.6 Å². The zero-order chi connectivity index (χ0) is 25.8. The fraction of sp³-hybridized carbons (Fsp3) is 0.308. The number of carbonyl (C=O) groups is 1. The van der Waals surface area contributed by atoms with Crippen molar-refractivity contribution in [1.82, 2.24) is 4.98 Å². The number of benzene rings is 2. The minimum Gasteiger partial charge on any atom is -0.496 e. The zero-order valence-electron chi connectivity index (χ0n) is 20.5. The Hall–Kier alpha value is -3.59. The molecule has 0 spiro atoms. The Bertz CT molecular complexity index is 1310. The Morgan fingerprint density at radius 3 is 2.37 bits per heavy atom. The summed E-state index contributed by atoms with van der Waals surface area (Å²) in [6.07, 6.45) is 1.45. The summed E-state index contributed by atoms with van der Waals surface area (Å²) >= 11 is 0. The topological polar surface area (TPSA) is 106 Å². The van der Waals surface area contributed by atoms with Crippen molar-refractivity contribution in [3.8, 4) is 11.5 Å². The average Bonchev–Trinajstić information content (AvgIpc) is 2.83. The van der Waals surface area contributed by atoms with E-state index in [2.05, 4.69) is 4.98 Å². The lowest BCUT2D eigenvalue weighted by Gasteiger charge is -2.28. The third-order valence-corrected chi connectivity index (χ3v) is 7.18. The Morgan fingerprint density at radius 2 is 1.77 bits per heavy atom. The summed E-state index contributed by atoms with van der Waals surface area (Å²) in [5, 5.41) is 9.20. The number of anilines is 1. The van der Waals surface area contributed by atoms with Crippen LogP contribution in [-0.4, -0.2) is 38.1 Å². The first-order chi connectivity index (χ1) is 16.5. The number of pyridine rings is 1. The first-order valence-corrected chi connectivity index (χ1v) is 12.6. The van der Waals surface area contributed by atoms with Gasteiger partial charge < -0.3 is 14.6 Å². The first-order valence-electron chi connectivity index (χ1n) is 11.1. The molecule has 0 bridgehead atoms. The predicted octanol–water partition coefficient (Wildman–Crippen LogP) is 4.84. The summed E-state index contributed by atoms with van der Waals surface area (Å²) in [5.41, 5.74) is 3.00. The number of aromatic carboxylic acids is 1. The molecule has 1 heterocycles. The molecule has 1 N–H and O–H groups in total. The van der Waals surface area contributed by atoms with Crippen molar-refractivity contribution < 1.29 is 27.8 Å². The van der Waals surface area contributed by atoms with Gasteiger partial charge in [0.2, 0.25) is 0 Å². The summed E-state index contributed by atoms with van der Waals surface area (Å²) in [6, 6.07) is 12.9. The molecule has 9 heteroatoms.